The van der Waals surface area contributed by atoms with Gasteiger partial charge < -0.3 is 16.6 Å². The maximum atomic E-state index is 9.98. The summed E-state index contributed by atoms with van der Waals surface area (Å²) in [5, 5.41) is 8.19. The Kier molecular flexibility index (Phi) is 3.46. The average molecular weight is 130 g/mol. The summed E-state index contributed by atoms with van der Waals surface area (Å²) in [5.74, 6) is -0.905. The zero-order valence-corrected chi connectivity index (χ0v) is 5.00. The van der Waals surface area contributed by atoms with Gasteiger partial charge in [0, 0.05) is 6.54 Å². The van der Waals surface area contributed by atoms with Crippen molar-refractivity contribution in [1.82, 2.24) is 0 Å². The molecule has 0 aliphatic carbocycles. The van der Waals surface area contributed by atoms with Gasteiger partial charge in [-0.1, -0.05) is 0 Å². The predicted molar refractivity (Wildman–Crippen MR) is 33.6 cm³/mol. The van der Waals surface area contributed by atoms with Crippen LogP contribution in [0.15, 0.2) is 11.8 Å². The summed E-state index contributed by atoms with van der Waals surface area (Å²) in [6.45, 7) is 0.211. The standard InChI is InChI=1S/C5H10N2O2/c6-2-4(3-7)1-5(8)9/h2H,1,3,6-7H2,(H,8,9). The fourth-order valence-electron chi connectivity index (χ4n) is 0.393. The normalized spacial score (nSPS) is 11.4. The maximum Gasteiger partial charge on any atom is 0.307 e. The molecule has 0 aliphatic heterocycles. The second-order valence-corrected chi connectivity index (χ2v) is 1.60. The second kappa shape index (κ2) is 3.91. The summed E-state index contributed by atoms with van der Waals surface area (Å²) in [4.78, 5) is 9.98. The lowest BCUT2D eigenvalue weighted by atomic mass is 10.2. The smallest absolute Gasteiger partial charge is 0.307 e. The van der Waals surface area contributed by atoms with E-state index in [1.165, 1.54) is 6.20 Å². The molecular weight excluding hydrogens is 120 g/mol. The van der Waals surface area contributed by atoms with E-state index in [0.717, 1.165) is 0 Å². The molecule has 0 atom stereocenters. The van der Waals surface area contributed by atoms with E-state index in [-0.39, 0.29) is 13.0 Å². The highest BCUT2D eigenvalue weighted by molar-refractivity contribution is 5.70. The Morgan fingerprint density at radius 2 is 2.22 bits per heavy atom. The van der Waals surface area contributed by atoms with Crippen LogP contribution in [0.4, 0.5) is 0 Å². The minimum Gasteiger partial charge on any atom is -0.481 e. The fraction of sp³-hybridized carbons (Fsp3) is 0.400. The summed E-state index contributed by atoms with van der Waals surface area (Å²) in [5.41, 5.74) is 10.7. The summed E-state index contributed by atoms with van der Waals surface area (Å²) in [6.07, 6.45) is 1.17. The van der Waals surface area contributed by atoms with Crippen LogP contribution in [0.1, 0.15) is 6.42 Å². The first kappa shape index (κ1) is 7.97. The lowest BCUT2D eigenvalue weighted by Gasteiger charge is -1.95. The molecule has 0 aromatic carbocycles. The molecule has 0 fully saturated rings. The first-order chi connectivity index (χ1) is 4.20. The van der Waals surface area contributed by atoms with Gasteiger partial charge in [-0.2, -0.15) is 0 Å². The van der Waals surface area contributed by atoms with Gasteiger partial charge in [0.05, 0.1) is 6.42 Å². The minimum absolute atomic E-state index is 0.0625. The van der Waals surface area contributed by atoms with Gasteiger partial charge in [0.15, 0.2) is 0 Å². The van der Waals surface area contributed by atoms with Crippen LogP contribution in [-0.2, 0) is 4.79 Å². The Bertz CT molecular complexity index is 131. The first-order valence-corrected chi connectivity index (χ1v) is 2.52. The van der Waals surface area contributed by atoms with Gasteiger partial charge in [-0.05, 0) is 11.8 Å². The third-order valence-corrected chi connectivity index (χ3v) is 0.876. The molecule has 0 aliphatic rings. The van der Waals surface area contributed by atoms with Gasteiger partial charge in [-0.15, -0.1) is 0 Å². The molecule has 9 heavy (non-hydrogen) atoms. The van der Waals surface area contributed by atoms with E-state index in [0.29, 0.717) is 5.57 Å². The molecule has 0 heterocycles. The van der Waals surface area contributed by atoms with Crippen LogP contribution in [-0.4, -0.2) is 17.6 Å². The Morgan fingerprint density at radius 3 is 2.33 bits per heavy atom. The highest BCUT2D eigenvalue weighted by Crippen LogP contribution is 1.94. The number of carboxylic acids is 1. The zero-order chi connectivity index (χ0) is 7.28. The van der Waals surface area contributed by atoms with Crippen LogP contribution in [0.5, 0.6) is 0 Å². The fourth-order valence-corrected chi connectivity index (χ4v) is 0.393. The molecule has 4 heteroatoms. The molecular formula is C5H10N2O2. The number of aliphatic carboxylic acids is 1. The number of nitrogens with two attached hydrogens (primary N) is 2. The second-order valence-electron chi connectivity index (χ2n) is 1.60. The maximum absolute atomic E-state index is 9.98. The molecule has 0 rings (SSSR count). The molecule has 0 amide bonds. The van der Waals surface area contributed by atoms with Crippen molar-refractivity contribution in [3.05, 3.63) is 11.8 Å². The van der Waals surface area contributed by atoms with Gasteiger partial charge in [-0.25, -0.2) is 0 Å². The van der Waals surface area contributed by atoms with Crippen LogP contribution in [0.3, 0.4) is 0 Å². The van der Waals surface area contributed by atoms with Gasteiger partial charge >= 0.3 is 5.97 Å². The van der Waals surface area contributed by atoms with Crippen LogP contribution >= 0.6 is 0 Å². The van der Waals surface area contributed by atoms with E-state index >= 15 is 0 Å². The van der Waals surface area contributed by atoms with Crippen molar-refractivity contribution in [3.63, 3.8) is 0 Å². The molecule has 0 bridgehead atoms. The van der Waals surface area contributed by atoms with E-state index < -0.39 is 5.97 Å². The molecule has 0 saturated carbocycles. The van der Waals surface area contributed by atoms with Crippen molar-refractivity contribution in [1.29, 1.82) is 0 Å². The highest BCUT2D eigenvalue weighted by atomic mass is 16.4. The molecule has 0 radical (unpaired) electrons. The van der Waals surface area contributed by atoms with Gasteiger partial charge in [0.25, 0.3) is 0 Å². The first-order valence-electron chi connectivity index (χ1n) is 2.52. The largest absolute Gasteiger partial charge is 0.481 e. The molecule has 0 aromatic rings. The van der Waals surface area contributed by atoms with Crippen LogP contribution in [0.25, 0.3) is 0 Å². The van der Waals surface area contributed by atoms with Crippen molar-refractivity contribution in [2.24, 2.45) is 11.5 Å². The van der Waals surface area contributed by atoms with E-state index in [1.54, 1.807) is 0 Å². The summed E-state index contributed by atoms with van der Waals surface area (Å²) in [7, 11) is 0. The van der Waals surface area contributed by atoms with Gasteiger partial charge in [-0.3, -0.25) is 4.79 Å². The van der Waals surface area contributed by atoms with Crippen molar-refractivity contribution < 1.29 is 9.90 Å². The predicted octanol–water partition coefficient (Wildman–Crippen LogP) is -0.738. The molecule has 4 nitrogen and oxygen atoms in total. The Balaban J connectivity index is 3.71. The Hall–Kier alpha value is -1.03. The third kappa shape index (κ3) is 3.54. The average Bonchev–Trinajstić information content (AvgIpc) is 1.82. The summed E-state index contributed by atoms with van der Waals surface area (Å²) in [6, 6.07) is 0. The number of hydrogen-bond acceptors (Lipinski definition) is 3. The van der Waals surface area contributed by atoms with Crippen LogP contribution in [0, 0.1) is 0 Å². The minimum atomic E-state index is -0.905. The van der Waals surface area contributed by atoms with Crippen molar-refractivity contribution in [3.8, 4) is 0 Å². The van der Waals surface area contributed by atoms with Crippen molar-refractivity contribution >= 4 is 5.97 Å². The molecule has 5 N–H and O–H groups in total. The van der Waals surface area contributed by atoms with Crippen molar-refractivity contribution in [2.75, 3.05) is 6.54 Å². The van der Waals surface area contributed by atoms with Crippen LogP contribution in [0.2, 0.25) is 0 Å². The third-order valence-electron chi connectivity index (χ3n) is 0.876. The van der Waals surface area contributed by atoms with Gasteiger partial charge in [0.1, 0.15) is 0 Å². The van der Waals surface area contributed by atoms with Crippen LogP contribution < -0.4 is 11.5 Å². The SMILES string of the molecule is NC=C(CN)CC(=O)O. The van der Waals surface area contributed by atoms with E-state index in [4.69, 9.17) is 16.6 Å². The number of carboxylic acid groups (broad SMARTS) is 1. The summed E-state index contributed by atoms with van der Waals surface area (Å²) >= 11 is 0. The quantitative estimate of drug-likeness (QED) is 0.469. The monoisotopic (exact) mass is 130 g/mol. The Morgan fingerprint density at radius 1 is 1.67 bits per heavy atom. The molecule has 0 saturated heterocycles. The van der Waals surface area contributed by atoms with E-state index in [2.05, 4.69) is 0 Å². The summed E-state index contributed by atoms with van der Waals surface area (Å²) < 4.78 is 0. The van der Waals surface area contributed by atoms with Crippen molar-refractivity contribution in [2.45, 2.75) is 6.42 Å². The molecule has 0 spiro atoms. The Labute approximate surface area is 53.1 Å². The van der Waals surface area contributed by atoms with Gasteiger partial charge in [0.2, 0.25) is 0 Å². The number of rotatable bonds is 3. The van der Waals surface area contributed by atoms with E-state index in [9.17, 15) is 4.79 Å². The van der Waals surface area contributed by atoms with E-state index in [1.807, 2.05) is 0 Å². The molecule has 0 unspecified atom stereocenters. The lowest BCUT2D eigenvalue weighted by molar-refractivity contribution is -0.136. The highest BCUT2D eigenvalue weighted by Gasteiger charge is 1.99. The number of carbonyl (C=O) groups is 1. The lowest BCUT2D eigenvalue weighted by Crippen LogP contribution is -2.09. The number of hydrogen-bond donors (Lipinski definition) is 3. The molecule has 52 valence electrons. The zero-order valence-electron chi connectivity index (χ0n) is 5.00. The topological polar surface area (TPSA) is 89.3 Å². The molecule has 0 aromatic heterocycles.